The van der Waals surface area contributed by atoms with E-state index in [1.807, 2.05) is 25.5 Å². The summed E-state index contributed by atoms with van der Waals surface area (Å²) >= 11 is 0. The van der Waals surface area contributed by atoms with Gasteiger partial charge in [-0.15, -0.1) is 0 Å². The Labute approximate surface area is 360 Å². The smallest absolute Gasteiger partial charge is 0.225 e. The van der Waals surface area contributed by atoms with Gasteiger partial charge in [0.2, 0.25) is 17.8 Å². The fraction of sp³-hybridized carbons (Fsp3) is 0.521. The Morgan fingerprint density at radius 2 is 1.51 bits per heavy atom. The lowest BCUT2D eigenvalue weighted by Crippen LogP contribution is -2.63. The number of rotatable bonds is 13. The van der Waals surface area contributed by atoms with Crippen molar-refractivity contribution in [1.82, 2.24) is 29.6 Å². The number of methoxy groups -OCH3 is 4. The molecule has 3 aromatic carbocycles. The zero-order valence-corrected chi connectivity index (χ0v) is 36.8. The summed E-state index contributed by atoms with van der Waals surface area (Å²) < 4.78 is 25.8. The van der Waals surface area contributed by atoms with Gasteiger partial charge in [-0.3, -0.25) is 14.5 Å². The first-order valence-corrected chi connectivity index (χ1v) is 22.1. The van der Waals surface area contributed by atoms with E-state index in [4.69, 9.17) is 23.9 Å². The lowest BCUT2D eigenvalue weighted by atomic mass is 9.58. The number of imidazole rings is 1. The third-order valence-corrected chi connectivity index (χ3v) is 14.0. The fourth-order valence-electron chi connectivity index (χ4n) is 11.0. The minimum Gasteiger partial charge on any atom is -0.493 e. The molecule has 1 spiro atoms. The number of amides is 2. The Morgan fingerprint density at radius 1 is 0.836 bits per heavy atom. The number of hydrogen-bond donors (Lipinski definition) is 1. The Hall–Kier alpha value is -5.27. The second-order valence-corrected chi connectivity index (χ2v) is 16.9. The van der Waals surface area contributed by atoms with Crippen molar-refractivity contribution in [3.05, 3.63) is 94.8 Å². The lowest BCUT2D eigenvalue weighted by Gasteiger charge is -2.59. The van der Waals surface area contributed by atoms with E-state index >= 15 is 4.79 Å². The van der Waals surface area contributed by atoms with Gasteiger partial charge in [-0.2, -0.15) is 0 Å². The van der Waals surface area contributed by atoms with Gasteiger partial charge in [0.25, 0.3) is 0 Å². The van der Waals surface area contributed by atoms with E-state index in [0.717, 1.165) is 37.6 Å². The van der Waals surface area contributed by atoms with Gasteiger partial charge in [-0.05, 0) is 97.8 Å². The topological polar surface area (TPSA) is 114 Å². The number of piperazine rings is 1. The second-order valence-electron chi connectivity index (χ2n) is 16.9. The molecule has 2 amide bonds. The highest BCUT2D eigenvalue weighted by atomic mass is 16.5. The van der Waals surface area contributed by atoms with Crippen LogP contribution in [0.25, 0.3) is 0 Å². The van der Waals surface area contributed by atoms with Crippen LogP contribution in [0.1, 0.15) is 66.5 Å². The summed E-state index contributed by atoms with van der Waals surface area (Å²) in [6, 6.07) is 18.9. The van der Waals surface area contributed by atoms with Crippen LogP contribution in [0.3, 0.4) is 0 Å². The summed E-state index contributed by atoms with van der Waals surface area (Å²) in [5.74, 6) is 3.62. The minimum absolute atomic E-state index is 0.108. The van der Waals surface area contributed by atoms with Crippen molar-refractivity contribution in [3.8, 4) is 23.0 Å². The Balaban J connectivity index is 1.18. The number of fused-ring (bicyclic) bond motifs is 3. The number of hydrogen-bond acceptors (Lipinski definition) is 10. The number of benzene rings is 3. The van der Waals surface area contributed by atoms with Crippen molar-refractivity contribution in [2.24, 2.45) is 11.8 Å². The van der Waals surface area contributed by atoms with Crippen LogP contribution in [-0.4, -0.2) is 124 Å². The summed E-state index contributed by atoms with van der Waals surface area (Å²) in [5.41, 5.74) is 5.17. The van der Waals surface area contributed by atoms with Crippen molar-refractivity contribution in [1.29, 1.82) is 0 Å². The van der Waals surface area contributed by atoms with Crippen molar-refractivity contribution in [2.75, 3.05) is 92.7 Å². The van der Waals surface area contributed by atoms with Crippen molar-refractivity contribution in [3.63, 3.8) is 0 Å². The Morgan fingerprint density at radius 3 is 2.20 bits per heavy atom. The van der Waals surface area contributed by atoms with Crippen LogP contribution < -0.4 is 29.2 Å². The summed E-state index contributed by atoms with van der Waals surface area (Å²) in [6.07, 6.45) is 7.79. The molecular formula is C48H63N7O6. The average molecular weight is 834 g/mol. The molecule has 2 fully saturated rings. The lowest BCUT2D eigenvalue weighted by molar-refractivity contribution is -0.153. The minimum atomic E-state index is -0.719. The molecule has 4 aliphatic rings. The number of aromatic nitrogens is 2. The van der Waals surface area contributed by atoms with Crippen molar-refractivity contribution >= 4 is 17.8 Å². The maximum absolute atomic E-state index is 15.0. The summed E-state index contributed by atoms with van der Waals surface area (Å²) in [4.78, 5) is 43.7. The highest BCUT2D eigenvalue weighted by Gasteiger charge is 2.58. The van der Waals surface area contributed by atoms with E-state index in [1.165, 1.54) is 22.3 Å². The number of carbonyl (C=O) groups excluding carboxylic acids is 2. The van der Waals surface area contributed by atoms with Crippen molar-refractivity contribution in [2.45, 2.75) is 63.6 Å². The highest BCUT2D eigenvalue weighted by Crippen LogP contribution is 2.59. The summed E-state index contributed by atoms with van der Waals surface area (Å²) in [6.45, 7) is 8.47. The number of nitrogens with one attached hydrogen (secondary N) is 1. The van der Waals surface area contributed by atoms with Gasteiger partial charge in [-0.25, -0.2) is 4.98 Å². The predicted octanol–water partition coefficient (Wildman–Crippen LogP) is 5.54. The van der Waals surface area contributed by atoms with Crippen LogP contribution in [0.15, 0.2) is 67.0 Å². The zero-order valence-electron chi connectivity index (χ0n) is 36.8. The van der Waals surface area contributed by atoms with Crippen LogP contribution in [0.4, 0.5) is 5.95 Å². The number of ether oxygens (including phenoxy) is 4. The first-order valence-electron chi connectivity index (χ1n) is 22.1. The molecule has 1 N–H and O–H groups in total. The first-order chi connectivity index (χ1) is 29.8. The second kappa shape index (κ2) is 18.4. The molecule has 0 bridgehead atoms. The van der Waals surface area contributed by atoms with Gasteiger partial charge < -0.3 is 43.5 Å². The van der Waals surface area contributed by atoms with Gasteiger partial charge in [0, 0.05) is 82.5 Å². The third kappa shape index (κ3) is 7.91. The van der Waals surface area contributed by atoms with Crippen molar-refractivity contribution < 1.29 is 28.5 Å². The first kappa shape index (κ1) is 42.4. The molecule has 4 unspecified atom stereocenters. The largest absolute Gasteiger partial charge is 0.493 e. The number of nitrogens with zero attached hydrogens (tertiary/aromatic N) is 6. The van der Waals surface area contributed by atoms with Gasteiger partial charge in [0.15, 0.2) is 23.0 Å². The van der Waals surface area contributed by atoms with Gasteiger partial charge in [0.05, 0.1) is 40.5 Å². The summed E-state index contributed by atoms with van der Waals surface area (Å²) in [7, 11) is 8.61. The zero-order chi connectivity index (χ0) is 42.7. The number of likely N-dealkylation sites (N-methyl/N-ethyl adjacent to an activating group) is 1. The van der Waals surface area contributed by atoms with E-state index in [-0.39, 0.29) is 29.7 Å². The standard InChI is InChI=1S/C48H63N7O6/c1-7-51-20-15-34-28-40(58-3)42(60-5)30-37(34)45(51)39-27-36(46(57)52-23-25-53(26-24-52)47-50-19-22-54(47)32-33-11-9-8-10-12-33)13-17-48(39)38-31-43(61-6)41(59-4)29-35(38)16-21-55(48)44(56)14-18-49-2/h8-12,19,22,28-31,36,39,45,49H,7,13-18,20-21,23-27,32H2,1-6H3. The molecule has 13 nitrogen and oxygen atoms in total. The maximum Gasteiger partial charge on any atom is 0.225 e. The van der Waals surface area contributed by atoms with Crippen LogP contribution >= 0.6 is 0 Å². The molecule has 3 aliphatic heterocycles. The fourth-order valence-corrected chi connectivity index (χ4v) is 11.0. The van der Waals surface area contributed by atoms with Crippen LogP contribution in [-0.2, 0) is 34.5 Å². The quantitative estimate of drug-likeness (QED) is 0.184. The molecule has 326 valence electrons. The van der Waals surface area contributed by atoms with Gasteiger partial charge >= 0.3 is 0 Å². The molecule has 4 aromatic rings. The van der Waals surface area contributed by atoms with E-state index in [0.29, 0.717) is 94.4 Å². The highest BCUT2D eigenvalue weighted by molar-refractivity contribution is 5.81. The summed E-state index contributed by atoms with van der Waals surface area (Å²) in [5, 5.41) is 3.22. The predicted molar refractivity (Wildman–Crippen MR) is 236 cm³/mol. The molecule has 61 heavy (non-hydrogen) atoms. The molecule has 8 rings (SSSR count). The van der Waals surface area contributed by atoms with E-state index in [9.17, 15) is 4.79 Å². The molecule has 13 heteroatoms. The molecule has 1 aromatic heterocycles. The molecule has 1 saturated carbocycles. The number of anilines is 1. The van der Waals surface area contributed by atoms with Crippen LogP contribution in [0.2, 0.25) is 0 Å². The Bertz CT molecular complexity index is 2170. The van der Waals surface area contributed by atoms with Crippen LogP contribution in [0.5, 0.6) is 23.0 Å². The van der Waals surface area contributed by atoms with E-state index < -0.39 is 5.54 Å². The molecule has 4 atom stereocenters. The molecule has 1 aliphatic carbocycles. The van der Waals surface area contributed by atoms with E-state index in [2.05, 4.69) is 84.9 Å². The normalized spacial score (nSPS) is 22.7. The SMILES string of the molecule is CCN1CCc2cc(OC)c(OC)cc2C1C1CC(C(=O)N2CCN(c3nccn3Cc3ccccc3)CC2)CCC12c1cc(OC)c(OC)cc1CCN2C(=O)CCNC. The molecule has 4 heterocycles. The monoisotopic (exact) mass is 833 g/mol. The third-order valence-electron chi connectivity index (χ3n) is 14.0. The molecule has 0 radical (unpaired) electrons. The average Bonchev–Trinajstić information content (AvgIpc) is 3.77. The van der Waals surface area contributed by atoms with E-state index in [1.54, 1.807) is 28.4 Å². The molecule has 1 saturated heterocycles. The maximum atomic E-state index is 15.0. The van der Waals surface area contributed by atoms with Gasteiger partial charge in [0.1, 0.15) is 0 Å². The number of carbonyl (C=O) groups is 2. The van der Waals surface area contributed by atoms with Gasteiger partial charge in [-0.1, -0.05) is 37.3 Å². The van der Waals surface area contributed by atoms with Crippen LogP contribution in [0, 0.1) is 11.8 Å². The molecular weight excluding hydrogens is 771 g/mol. The Kier molecular flexibility index (Phi) is 12.8.